The normalized spacial score (nSPS) is 18.5. The number of aliphatic hydroxyl groups excluding tert-OH is 1. The Morgan fingerprint density at radius 2 is 1.16 bits per heavy atom. The number of carbonyl (C=O) groups is 1. The molecule has 247 valence electrons. The molecule has 0 spiro atoms. The molecule has 1 radical (unpaired) electrons. The predicted molar refractivity (Wildman–Crippen MR) is 178 cm³/mol. The van der Waals surface area contributed by atoms with E-state index >= 15 is 0 Å². The number of phenols is 2. The molecule has 3 atom stereocenters. The fraction of sp³-hybridized carbons (Fsp3) is 0.583. The summed E-state index contributed by atoms with van der Waals surface area (Å²) in [6.07, 6.45) is 6.66. The number of aliphatic carboxylic acids is 1. The fourth-order valence-corrected chi connectivity index (χ4v) is 5.03. The number of carboxylic acid groups (broad SMARTS) is 1. The van der Waals surface area contributed by atoms with Gasteiger partial charge in [0.25, 0.3) is 0 Å². The van der Waals surface area contributed by atoms with Crippen molar-refractivity contribution in [2.24, 2.45) is 9.98 Å². The van der Waals surface area contributed by atoms with Crippen molar-refractivity contribution in [1.82, 2.24) is 0 Å². The van der Waals surface area contributed by atoms with Crippen LogP contribution in [0.5, 0.6) is 11.5 Å². The van der Waals surface area contributed by atoms with E-state index in [1.54, 1.807) is 0 Å². The summed E-state index contributed by atoms with van der Waals surface area (Å²) in [4.78, 5) is 19.4. The molecule has 0 amide bonds. The van der Waals surface area contributed by atoms with Gasteiger partial charge in [0.2, 0.25) is 0 Å². The molecule has 3 rings (SSSR count). The molecular formula is C36H54CoN2O5. The Morgan fingerprint density at radius 1 is 0.773 bits per heavy atom. The zero-order chi connectivity index (χ0) is 32.9. The van der Waals surface area contributed by atoms with Crippen molar-refractivity contribution in [2.75, 3.05) is 0 Å². The molecule has 1 aliphatic rings. The second-order valence-electron chi connectivity index (χ2n) is 15.0. The van der Waals surface area contributed by atoms with Crippen LogP contribution in [-0.4, -0.2) is 57.0 Å². The van der Waals surface area contributed by atoms with Gasteiger partial charge in [-0.2, -0.15) is 0 Å². The molecule has 7 nitrogen and oxygen atoms in total. The SMILES string of the molecule is CC(O)C(=O)O.Cc1cc(C=NC2CCCCC2N=Cc2cc(C(C)(C)C)cc(C(C)(C)C)c2O)c(O)c(C(C)(C)C)c1.[Co]. The van der Waals surface area contributed by atoms with Gasteiger partial charge in [0, 0.05) is 51.5 Å². The minimum atomic E-state index is -1.23. The van der Waals surface area contributed by atoms with E-state index in [0.717, 1.165) is 53.5 Å². The second kappa shape index (κ2) is 15.5. The van der Waals surface area contributed by atoms with E-state index in [9.17, 15) is 15.0 Å². The van der Waals surface area contributed by atoms with Gasteiger partial charge in [0.05, 0.1) is 12.1 Å². The molecule has 44 heavy (non-hydrogen) atoms. The summed E-state index contributed by atoms with van der Waals surface area (Å²) in [5.74, 6) is -0.550. The smallest absolute Gasteiger partial charge is 0.332 e. The topological polar surface area (TPSA) is 123 Å². The predicted octanol–water partition coefficient (Wildman–Crippen LogP) is 7.60. The summed E-state index contributed by atoms with van der Waals surface area (Å²) in [7, 11) is 0. The molecule has 0 bridgehead atoms. The number of aryl methyl sites for hydroxylation is 1. The molecule has 0 aliphatic heterocycles. The molecular weight excluding hydrogens is 599 g/mol. The zero-order valence-electron chi connectivity index (χ0n) is 28.4. The van der Waals surface area contributed by atoms with Crippen LogP contribution in [0, 0.1) is 6.92 Å². The van der Waals surface area contributed by atoms with Gasteiger partial charge in [-0.3, -0.25) is 9.98 Å². The minimum absolute atomic E-state index is 0. The quantitative estimate of drug-likeness (QED) is 0.248. The van der Waals surface area contributed by atoms with Crippen molar-refractivity contribution < 1.29 is 42.0 Å². The van der Waals surface area contributed by atoms with Gasteiger partial charge in [0.15, 0.2) is 0 Å². The Balaban J connectivity index is 0.00000125. The van der Waals surface area contributed by atoms with Crippen LogP contribution < -0.4 is 0 Å². The van der Waals surface area contributed by atoms with Gasteiger partial charge < -0.3 is 20.4 Å². The van der Waals surface area contributed by atoms with Crippen LogP contribution >= 0.6 is 0 Å². The van der Waals surface area contributed by atoms with Crippen molar-refractivity contribution in [3.63, 3.8) is 0 Å². The van der Waals surface area contributed by atoms with Gasteiger partial charge in [-0.15, -0.1) is 0 Å². The third-order valence-corrected chi connectivity index (χ3v) is 7.77. The first kappa shape index (κ1) is 39.3. The van der Waals surface area contributed by atoms with E-state index < -0.39 is 12.1 Å². The summed E-state index contributed by atoms with van der Waals surface area (Å²) in [6.45, 7) is 22.6. The van der Waals surface area contributed by atoms with E-state index in [2.05, 4.69) is 87.4 Å². The number of hydrogen-bond acceptors (Lipinski definition) is 6. The summed E-state index contributed by atoms with van der Waals surface area (Å²) in [5, 5.41) is 37.9. The Hall–Kier alpha value is -2.68. The fourth-order valence-electron chi connectivity index (χ4n) is 5.03. The Bertz CT molecular complexity index is 1330. The van der Waals surface area contributed by atoms with Gasteiger partial charge in [-0.25, -0.2) is 4.79 Å². The number of aromatic hydroxyl groups is 2. The maximum Gasteiger partial charge on any atom is 0.332 e. The Morgan fingerprint density at radius 3 is 1.52 bits per heavy atom. The molecule has 0 aromatic heterocycles. The van der Waals surface area contributed by atoms with Gasteiger partial charge in [-0.1, -0.05) is 87.3 Å². The van der Waals surface area contributed by atoms with E-state index in [-0.39, 0.29) is 45.1 Å². The third-order valence-electron chi connectivity index (χ3n) is 7.77. The number of aliphatic hydroxyl groups is 1. The number of rotatable bonds is 5. The number of carboxylic acids is 1. The number of benzene rings is 2. The molecule has 2 aromatic carbocycles. The molecule has 0 saturated heterocycles. The van der Waals surface area contributed by atoms with Crippen LogP contribution in [0.25, 0.3) is 0 Å². The molecule has 1 saturated carbocycles. The first-order valence-electron chi connectivity index (χ1n) is 15.3. The van der Waals surface area contributed by atoms with Crippen molar-refractivity contribution in [3.8, 4) is 11.5 Å². The molecule has 1 fully saturated rings. The van der Waals surface area contributed by atoms with E-state index in [1.807, 2.05) is 18.5 Å². The minimum Gasteiger partial charge on any atom is -0.507 e. The van der Waals surface area contributed by atoms with Crippen LogP contribution in [0.2, 0.25) is 0 Å². The van der Waals surface area contributed by atoms with Gasteiger partial charge in [-0.05, 0) is 66.2 Å². The van der Waals surface area contributed by atoms with Crippen molar-refractivity contribution in [1.29, 1.82) is 0 Å². The number of nitrogens with zero attached hydrogens (tertiary/aromatic N) is 2. The summed E-state index contributed by atoms with van der Waals surface area (Å²) in [5.41, 5.74) is 5.39. The third kappa shape index (κ3) is 11.0. The second-order valence-corrected chi connectivity index (χ2v) is 15.0. The van der Waals surface area contributed by atoms with E-state index in [0.29, 0.717) is 11.5 Å². The Labute approximate surface area is 275 Å². The average molecular weight is 654 g/mol. The Kier molecular flexibility index (Phi) is 13.9. The number of aliphatic imine (C=N–C) groups is 2. The monoisotopic (exact) mass is 653 g/mol. The summed E-state index contributed by atoms with van der Waals surface area (Å²) < 4.78 is 0. The van der Waals surface area contributed by atoms with Crippen LogP contribution in [0.1, 0.15) is 128 Å². The van der Waals surface area contributed by atoms with E-state index in [4.69, 9.17) is 20.2 Å². The maximum atomic E-state index is 11.2. The standard InChI is InChI=1S/C33H48N2O2.C3H6O3.Co/c1-21-15-22(29(36)25(16-21)32(5,6)7)19-34-27-13-11-12-14-28(27)35-20-23-17-24(31(2,3)4)18-26(30(23)37)33(8,9)10;1-2(4)3(5)6;/h15-20,27-28,36-37H,11-14H2,1-10H3;2,4H,1H3,(H,5,6);. The molecule has 0 heterocycles. The summed E-state index contributed by atoms with van der Waals surface area (Å²) >= 11 is 0. The van der Waals surface area contributed by atoms with Crippen LogP contribution in [0.4, 0.5) is 0 Å². The maximum absolute atomic E-state index is 11.2. The van der Waals surface area contributed by atoms with Crippen LogP contribution in [-0.2, 0) is 37.8 Å². The van der Waals surface area contributed by atoms with Gasteiger partial charge in [0.1, 0.15) is 17.6 Å². The van der Waals surface area contributed by atoms with Crippen LogP contribution in [0.15, 0.2) is 34.3 Å². The van der Waals surface area contributed by atoms with Crippen molar-refractivity contribution in [2.45, 2.75) is 136 Å². The first-order valence-corrected chi connectivity index (χ1v) is 15.3. The molecule has 1 aliphatic carbocycles. The zero-order valence-corrected chi connectivity index (χ0v) is 29.5. The average Bonchev–Trinajstić information content (AvgIpc) is 2.87. The first-order chi connectivity index (χ1) is 19.6. The molecule has 2 aromatic rings. The molecule has 3 unspecified atom stereocenters. The largest absolute Gasteiger partial charge is 0.507 e. The van der Waals surface area contributed by atoms with E-state index in [1.165, 1.54) is 12.5 Å². The molecule has 8 heteroatoms. The van der Waals surface area contributed by atoms with Crippen molar-refractivity contribution in [3.05, 3.63) is 57.6 Å². The number of phenolic OH excluding ortho intramolecular Hbond substituents is 2. The van der Waals surface area contributed by atoms with Crippen molar-refractivity contribution >= 4 is 18.4 Å². The van der Waals surface area contributed by atoms with Gasteiger partial charge >= 0.3 is 5.97 Å². The number of hydrogen-bond donors (Lipinski definition) is 4. The molecule has 4 N–H and O–H groups in total. The van der Waals surface area contributed by atoms with Crippen LogP contribution in [0.3, 0.4) is 0 Å². The summed E-state index contributed by atoms with van der Waals surface area (Å²) in [6, 6.07) is 8.38.